The predicted octanol–water partition coefficient (Wildman–Crippen LogP) is 2.93. The number of hydrogen-bond acceptors (Lipinski definition) is 4. The van der Waals surface area contributed by atoms with Gasteiger partial charge < -0.3 is 9.64 Å². The van der Waals surface area contributed by atoms with Gasteiger partial charge in [0.25, 0.3) is 10.0 Å². The molecule has 0 aromatic heterocycles. The van der Waals surface area contributed by atoms with Crippen molar-refractivity contribution in [2.75, 3.05) is 30.6 Å². The van der Waals surface area contributed by atoms with Crippen molar-refractivity contribution in [3.05, 3.63) is 41.3 Å². The first-order valence-corrected chi connectivity index (χ1v) is 9.52. The molecule has 6 nitrogen and oxygen atoms in total. The summed E-state index contributed by atoms with van der Waals surface area (Å²) in [5.74, 6) is 0.328. The van der Waals surface area contributed by atoms with Gasteiger partial charge in [0.15, 0.2) is 0 Å². The number of carbonyl (C=O) groups is 1. The number of nitrogens with zero attached hydrogens (tertiary/aromatic N) is 2. The van der Waals surface area contributed by atoms with Gasteiger partial charge >= 0.3 is 6.03 Å². The standard InChI is InChI=1S/C17H24N2O4S/c1-4-13-24(21,22)19(17(20)18-9-11-23-12-10-18)16-7-5-15(6-8-16)14(2)3/h4-8,13-14H,9-12H2,1-3H3. The summed E-state index contributed by atoms with van der Waals surface area (Å²) in [6.45, 7) is 7.31. The first-order chi connectivity index (χ1) is 11.4. The van der Waals surface area contributed by atoms with E-state index < -0.39 is 16.1 Å². The molecule has 132 valence electrons. The van der Waals surface area contributed by atoms with E-state index in [4.69, 9.17) is 4.74 Å². The largest absolute Gasteiger partial charge is 0.378 e. The smallest absolute Gasteiger partial charge is 0.338 e. The maximum absolute atomic E-state index is 12.8. The van der Waals surface area contributed by atoms with Crippen LogP contribution in [-0.4, -0.2) is 45.7 Å². The van der Waals surface area contributed by atoms with Crippen LogP contribution in [0.1, 0.15) is 32.3 Å². The summed E-state index contributed by atoms with van der Waals surface area (Å²) in [5, 5.41) is 1.04. The number of rotatable bonds is 4. The molecule has 7 heteroatoms. The van der Waals surface area contributed by atoms with Gasteiger partial charge in [-0.05, 0) is 30.5 Å². The second kappa shape index (κ2) is 7.81. The quantitative estimate of drug-likeness (QED) is 0.835. The third-order valence-electron chi connectivity index (χ3n) is 3.81. The van der Waals surface area contributed by atoms with E-state index in [9.17, 15) is 13.2 Å². The van der Waals surface area contributed by atoms with Crippen LogP contribution in [-0.2, 0) is 14.8 Å². The third-order valence-corrected chi connectivity index (χ3v) is 5.30. The van der Waals surface area contributed by atoms with E-state index in [0.29, 0.717) is 37.9 Å². The van der Waals surface area contributed by atoms with Crippen LogP contribution in [0.4, 0.5) is 10.5 Å². The van der Waals surface area contributed by atoms with Gasteiger partial charge in [0, 0.05) is 18.5 Å². The molecular weight excluding hydrogens is 328 g/mol. The average molecular weight is 352 g/mol. The zero-order chi connectivity index (χ0) is 17.7. The van der Waals surface area contributed by atoms with E-state index in [1.165, 1.54) is 11.0 Å². The summed E-state index contributed by atoms with van der Waals surface area (Å²) in [6, 6.07) is 6.51. The number of allylic oxidation sites excluding steroid dienone is 1. The third kappa shape index (κ3) is 4.15. The van der Waals surface area contributed by atoms with Gasteiger partial charge in [0.1, 0.15) is 0 Å². The molecular formula is C17H24N2O4S. The van der Waals surface area contributed by atoms with Crippen LogP contribution < -0.4 is 4.31 Å². The molecule has 2 rings (SSSR count). The molecule has 1 aromatic carbocycles. The van der Waals surface area contributed by atoms with E-state index in [2.05, 4.69) is 13.8 Å². The molecule has 0 aliphatic carbocycles. The molecule has 0 saturated carbocycles. The highest BCUT2D eigenvalue weighted by Crippen LogP contribution is 2.24. The molecule has 1 heterocycles. The summed E-state index contributed by atoms with van der Waals surface area (Å²) in [4.78, 5) is 14.3. The van der Waals surface area contributed by atoms with E-state index in [1.54, 1.807) is 19.1 Å². The molecule has 0 radical (unpaired) electrons. The van der Waals surface area contributed by atoms with Gasteiger partial charge in [-0.3, -0.25) is 0 Å². The Morgan fingerprint density at radius 1 is 1.21 bits per heavy atom. The van der Waals surface area contributed by atoms with Crippen molar-refractivity contribution < 1.29 is 17.9 Å². The maximum atomic E-state index is 12.8. The number of carbonyl (C=O) groups excluding carboxylic acids is 1. The second-order valence-electron chi connectivity index (χ2n) is 5.91. The van der Waals surface area contributed by atoms with Gasteiger partial charge in [-0.2, -0.15) is 4.31 Å². The Bertz CT molecular complexity index is 690. The van der Waals surface area contributed by atoms with Crippen molar-refractivity contribution in [1.29, 1.82) is 0 Å². The van der Waals surface area contributed by atoms with Crippen LogP contribution in [0.25, 0.3) is 0 Å². The first-order valence-electron chi connectivity index (χ1n) is 8.01. The van der Waals surface area contributed by atoms with Crippen LogP contribution >= 0.6 is 0 Å². The Balaban J connectivity index is 2.40. The van der Waals surface area contributed by atoms with E-state index >= 15 is 0 Å². The lowest BCUT2D eigenvalue weighted by Gasteiger charge is -2.31. The minimum atomic E-state index is -3.89. The Morgan fingerprint density at radius 2 is 1.79 bits per heavy atom. The number of sulfonamides is 1. The Hall–Kier alpha value is -1.86. The van der Waals surface area contributed by atoms with Crippen LogP contribution in [0, 0.1) is 0 Å². The van der Waals surface area contributed by atoms with Crippen molar-refractivity contribution >= 4 is 21.7 Å². The molecule has 0 N–H and O–H groups in total. The number of urea groups is 1. The molecule has 1 aliphatic heterocycles. The lowest BCUT2D eigenvalue weighted by Crippen LogP contribution is -2.50. The number of amides is 2. The van der Waals surface area contributed by atoms with Gasteiger partial charge in [-0.25, -0.2) is 13.2 Å². The normalized spacial score (nSPS) is 15.9. The Morgan fingerprint density at radius 3 is 2.29 bits per heavy atom. The fourth-order valence-electron chi connectivity index (χ4n) is 2.48. The lowest BCUT2D eigenvalue weighted by molar-refractivity contribution is 0.0557. The number of hydrogen-bond donors (Lipinski definition) is 0. The number of anilines is 1. The highest BCUT2D eigenvalue weighted by atomic mass is 32.2. The van der Waals surface area contributed by atoms with Crippen LogP contribution in [0.2, 0.25) is 0 Å². The molecule has 1 fully saturated rings. The number of ether oxygens (including phenoxy) is 1. The predicted molar refractivity (Wildman–Crippen MR) is 94.5 cm³/mol. The summed E-state index contributed by atoms with van der Waals surface area (Å²) < 4.78 is 31.3. The van der Waals surface area contributed by atoms with E-state index in [0.717, 1.165) is 15.3 Å². The van der Waals surface area contributed by atoms with Gasteiger partial charge in [-0.15, -0.1) is 0 Å². The first kappa shape index (κ1) is 18.5. The van der Waals surface area contributed by atoms with Crippen molar-refractivity contribution in [3.63, 3.8) is 0 Å². The molecule has 1 saturated heterocycles. The van der Waals surface area contributed by atoms with Crippen molar-refractivity contribution in [2.45, 2.75) is 26.7 Å². The average Bonchev–Trinajstić information content (AvgIpc) is 2.56. The summed E-state index contributed by atoms with van der Waals surface area (Å²) in [7, 11) is -3.89. The molecule has 2 amide bonds. The Labute approximate surface area is 143 Å². The minimum Gasteiger partial charge on any atom is -0.378 e. The SMILES string of the molecule is CC=CS(=O)(=O)N(C(=O)N1CCOCC1)c1ccc(C(C)C)cc1. The molecule has 0 atom stereocenters. The van der Waals surface area contributed by atoms with E-state index in [1.807, 2.05) is 12.1 Å². The zero-order valence-electron chi connectivity index (χ0n) is 14.3. The monoisotopic (exact) mass is 352 g/mol. The van der Waals surface area contributed by atoms with Gasteiger partial charge in [-0.1, -0.05) is 32.1 Å². The van der Waals surface area contributed by atoms with Gasteiger partial charge in [0.2, 0.25) is 0 Å². The van der Waals surface area contributed by atoms with Crippen LogP contribution in [0.5, 0.6) is 0 Å². The van der Waals surface area contributed by atoms with Crippen LogP contribution in [0.3, 0.4) is 0 Å². The fourth-order valence-corrected chi connectivity index (χ4v) is 3.69. The molecule has 24 heavy (non-hydrogen) atoms. The summed E-state index contributed by atoms with van der Waals surface area (Å²) in [5.41, 5.74) is 1.43. The lowest BCUT2D eigenvalue weighted by atomic mass is 10.0. The van der Waals surface area contributed by atoms with Crippen molar-refractivity contribution in [1.82, 2.24) is 4.90 Å². The number of morpholine rings is 1. The molecule has 0 spiro atoms. The summed E-state index contributed by atoms with van der Waals surface area (Å²) in [6.07, 6.45) is 1.41. The zero-order valence-corrected chi connectivity index (χ0v) is 15.1. The van der Waals surface area contributed by atoms with E-state index in [-0.39, 0.29) is 0 Å². The maximum Gasteiger partial charge on any atom is 0.338 e. The summed E-state index contributed by atoms with van der Waals surface area (Å²) >= 11 is 0. The molecule has 0 bridgehead atoms. The van der Waals surface area contributed by atoms with Gasteiger partial charge in [0.05, 0.1) is 18.9 Å². The van der Waals surface area contributed by atoms with Crippen molar-refractivity contribution in [3.8, 4) is 0 Å². The van der Waals surface area contributed by atoms with Crippen LogP contribution in [0.15, 0.2) is 35.7 Å². The second-order valence-corrected chi connectivity index (χ2v) is 7.57. The van der Waals surface area contributed by atoms with Crippen molar-refractivity contribution in [2.24, 2.45) is 0 Å². The highest BCUT2D eigenvalue weighted by Gasteiger charge is 2.32. The topological polar surface area (TPSA) is 66.9 Å². The highest BCUT2D eigenvalue weighted by molar-refractivity contribution is 7.96. The molecule has 1 aromatic rings. The Kier molecular flexibility index (Phi) is 6.01. The molecule has 1 aliphatic rings. The number of benzene rings is 1. The minimum absolute atomic E-state index is 0.328. The molecule has 0 unspecified atom stereocenters. The fraction of sp³-hybridized carbons (Fsp3) is 0.471.